The first kappa shape index (κ1) is 21.2. The van der Waals surface area contributed by atoms with Crippen molar-refractivity contribution >= 4 is 17.8 Å². The summed E-state index contributed by atoms with van der Waals surface area (Å²) in [6.07, 6.45) is 7.39. The summed E-state index contributed by atoms with van der Waals surface area (Å²) in [5.74, 6) is -0.361. The lowest BCUT2D eigenvalue weighted by atomic mass is 9.97. The Morgan fingerprint density at radius 3 is 2.74 bits per heavy atom. The molecule has 1 aliphatic carbocycles. The number of hydrogen-bond donors (Lipinski definition) is 1. The lowest BCUT2D eigenvalue weighted by Gasteiger charge is -2.29. The molecule has 166 valence electrons. The van der Waals surface area contributed by atoms with Crippen LogP contribution in [0.4, 0.5) is 0 Å². The van der Waals surface area contributed by atoms with Gasteiger partial charge in [-0.05, 0) is 50.7 Å². The number of esters is 1. The fraction of sp³-hybridized carbons (Fsp3) is 0.522. The molecule has 4 rings (SSSR count). The fourth-order valence-corrected chi connectivity index (χ4v) is 4.64. The number of benzene rings is 1. The Balaban J connectivity index is 1.51. The van der Waals surface area contributed by atoms with Crippen molar-refractivity contribution in [3.63, 3.8) is 0 Å². The van der Waals surface area contributed by atoms with Gasteiger partial charge >= 0.3 is 5.97 Å². The number of fused-ring (bicyclic) bond motifs is 1. The summed E-state index contributed by atoms with van der Waals surface area (Å²) in [7, 11) is 2.92. The molecule has 3 aliphatic rings. The molecule has 1 aromatic rings. The molecule has 0 saturated carbocycles. The van der Waals surface area contributed by atoms with Gasteiger partial charge in [0.2, 0.25) is 18.0 Å². The highest BCUT2D eigenvalue weighted by molar-refractivity contribution is 5.99. The van der Waals surface area contributed by atoms with Crippen LogP contribution in [-0.2, 0) is 14.3 Å². The number of carbonyl (C=O) groups is 3. The van der Waals surface area contributed by atoms with Crippen molar-refractivity contribution in [3.8, 4) is 11.5 Å². The Morgan fingerprint density at radius 1 is 1.19 bits per heavy atom. The number of carbonyl (C=O) groups excluding carboxylic acids is 3. The highest BCUT2D eigenvalue weighted by Gasteiger charge is 2.47. The van der Waals surface area contributed by atoms with Crippen molar-refractivity contribution in [2.24, 2.45) is 0 Å². The number of ether oxygens (including phenoxy) is 3. The van der Waals surface area contributed by atoms with Crippen LogP contribution in [0.1, 0.15) is 67.1 Å². The van der Waals surface area contributed by atoms with Gasteiger partial charge < -0.3 is 19.5 Å². The average Bonchev–Trinajstić information content (AvgIpc) is 3.33. The first-order valence-corrected chi connectivity index (χ1v) is 10.8. The number of amides is 2. The molecule has 2 aliphatic heterocycles. The highest BCUT2D eigenvalue weighted by atomic mass is 16.6. The van der Waals surface area contributed by atoms with Crippen LogP contribution in [0.3, 0.4) is 0 Å². The minimum absolute atomic E-state index is 0.212. The maximum absolute atomic E-state index is 12.9. The third kappa shape index (κ3) is 3.98. The Labute approximate surface area is 181 Å². The monoisotopic (exact) mass is 428 g/mol. The molecule has 1 fully saturated rings. The second kappa shape index (κ2) is 8.99. The molecule has 1 saturated heterocycles. The molecule has 0 unspecified atom stereocenters. The van der Waals surface area contributed by atoms with Gasteiger partial charge in [0.05, 0.1) is 14.2 Å². The molecule has 8 nitrogen and oxygen atoms in total. The predicted octanol–water partition coefficient (Wildman–Crippen LogP) is 2.87. The number of likely N-dealkylation sites (tertiary alicyclic amines) is 1. The first-order valence-electron chi connectivity index (χ1n) is 10.8. The normalized spacial score (nSPS) is 22.6. The van der Waals surface area contributed by atoms with Gasteiger partial charge in [0.15, 0.2) is 11.5 Å². The van der Waals surface area contributed by atoms with E-state index in [1.807, 2.05) is 0 Å². The summed E-state index contributed by atoms with van der Waals surface area (Å²) in [4.78, 5) is 39.6. The zero-order valence-corrected chi connectivity index (χ0v) is 17.9. The van der Waals surface area contributed by atoms with Crippen LogP contribution in [0.15, 0.2) is 23.8 Å². The van der Waals surface area contributed by atoms with Crippen LogP contribution < -0.4 is 14.8 Å². The van der Waals surface area contributed by atoms with E-state index in [1.165, 1.54) is 37.5 Å². The zero-order valence-electron chi connectivity index (χ0n) is 17.9. The molecule has 0 radical (unpaired) electrons. The molecule has 0 spiro atoms. The minimum atomic E-state index is -0.950. The van der Waals surface area contributed by atoms with Gasteiger partial charge in [0, 0.05) is 18.5 Å². The van der Waals surface area contributed by atoms with E-state index in [9.17, 15) is 14.4 Å². The summed E-state index contributed by atoms with van der Waals surface area (Å²) in [6, 6.07) is 2.67. The van der Waals surface area contributed by atoms with Crippen molar-refractivity contribution < 1.29 is 28.6 Å². The van der Waals surface area contributed by atoms with E-state index >= 15 is 0 Å². The van der Waals surface area contributed by atoms with E-state index in [-0.39, 0.29) is 29.5 Å². The molecule has 2 heterocycles. The molecule has 0 bridgehead atoms. The summed E-state index contributed by atoms with van der Waals surface area (Å²) < 4.78 is 16.2. The summed E-state index contributed by atoms with van der Waals surface area (Å²) in [5.41, 5.74) is 2.11. The van der Waals surface area contributed by atoms with Gasteiger partial charge in [-0.1, -0.05) is 11.6 Å². The van der Waals surface area contributed by atoms with E-state index in [0.717, 1.165) is 19.3 Å². The standard InChI is InChI=1S/C23H28N2O6/c1-29-17-10-8-15-19(20(17)30-2)23(28)31-22(15)25-16(9-11-18(25)26)21(27)24-13-12-14-6-4-3-5-7-14/h6,8,10,16,22H,3-5,7,9,11-13H2,1-2H3,(H,24,27)/t16-,22+/m0/s1. The maximum Gasteiger partial charge on any atom is 0.344 e. The first-order chi connectivity index (χ1) is 15.0. The van der Waals surface area contributed by atoms with Crippen LogP contribution in [0.25, 0.3) is 0 Å². The molecule has 0 aromatic heterocycles. The van der Waals surface area contributed by atoms with Crippen molar-refractivity contribution in [3.05, 3.63) is 34.9 Å². The SMILES string of the molecule is COc1ccc2c(c1OC)C(=O)O[C@H]2N1C(=O)CC[C@H]1C(=O)NCCC1=CCCCC1. The van der Waals surface area contributed by atoms with E-state index in [1.54, 1.807) is 12.1 Å². The quantitative estimate of drug-likeness (QED) is 0.530. The van der Waals surface area contributed by atoms with Gasteiger partial charge in [-0.15, -0.1) is 0 Å². The van der Waals surface area contributed by atoms with Gasteiger partial charge in [-0.25, -0.2) is 4.79 Å². The lowest BCUT2D eigenvalue weighted by Crippen LogP contribution is -2.46. The van der Waals surface area contributed by atoms with E-state index in [0.29, 0.717) is 24.3 Å². The highest BCUT2D eigenvalue weighted by Crippen LogP contribution is 2.45. The molecular weight excluding hydrogens is 400 g/mol. The number of rotatable bonds is 7. The van der Waals surface area contributed by atoms with Crippen LogP contribution >= 0.6 is 0 Å². The van der Waals surface area contributed by atoms with Crippen LogP contribution in [-0.4, -0.2) is 49.5 Å². The molecule has 8 heteroatoms. The molecule has 1 N–H and O–H groups in total. The number of nitrogens with zero attached hydrogens (tertiary/aromatic N) is 1. The van der Waals surface area contributed by atoms with E-state index < -0.39 is 18.2 Å². The zero-order chi connectivity index (χ0) is 22.0. The van der Waals surface area contributed by atoms with Crippen molar-refractivity contribution in [1.82, 2.24) is 10.2 Å². The largest absolute Gasteiger partial charge is 0.493 e. The number of hydrogen-bond acceptors (Lipinski definition) is 6. The Kier molecular flexibility index (Phi) is 6.15. The van der Waals surface area contributed by atoms with E-state index in [4.69, 9.17) is 14.2 Å². The Hall–Kier alpha value is -3.03. The van der Waals surface area contributed by atoms with Gasteiger partial charge in [-0.2, -0.15) is 0 Å². The molecule has 2 atom stereocenters. The van der Waals surface area contributed by atoms with Crippen molar-refractivity contribution in [1.29, 1.82) is 0 Å². The summed E-state index contributed by atoms with van der Waals surface area (Å²) >= 11 is 0. The number of nitrogens with one attached hydrogen (secondary N) is 1. The van der Waals surface area contributed by atoms with Gasteiger partial charge in [0.1, 0.15) is 11.6 Å². The Bertz CT molecular complexity index is 925. The Morgan fingerprint density at radius 2 is 2.03 bits per heavy atom. The molecule has 1 aromatic carbocycles. The smallest absolute Gasteiger partial charge is 0.344 e. The summed E-state index contributed by atoms with van der Waals surface area (Å²) in [6.45, 7) is 0.537. The van der Waals surface area contributed by atoms with Crippen LogP contribution in [0.5, 0.6) is 11.5 Å². The number of methoxy groups -OCH3 is 2. The topological polar surface area (TPSA) is 94.2 Å². The minimum Gasteiger partial charge on any atom is -0.493 e. The second-order valence-electron chi connectivity index (χ2n) is 8.03. The fourth-order valence-electron chi connectivity index (χ4n) is 4.64. The van der Waals surface area contributed by atoms with Crippen molar-refractivity contribution in [2.75, 3.05) is 20.8 Å². The van der Waals surface area contributed by atoms with Crippen LogP contribution in [0.2, 0.25) is 0 Å². The number of cyclic esters (lactones) is 1. The average molecular weight is 428 g/mol. The number of allylic oxidation sites excluding steroid dienone is 1. The van der Waals surface area contributed by atoms with Gasteiger partial charge in [-0.3, -0.25) is 14.5 Å². The molecule has 31 heavy (non-hydrogen) atoms. The van der Waals surface area contributed by atoms with Gasteiger partial charge in [0.25, 0.3) is 0 Å². The second-order valence-corrected chi connectivity index (χ2v) is 8.03. The third-order valence-electron chi connectivity index (χ3n) is 6.21. The van der Waals surface area contributed by atoms with Crippen molar-refractivity contribution in [2.45, 2.75) is 57.2 Å². The third-order valence-corrected chi connectivity index (χ3v) is 6.21. The lowest BCUT2D eigenvalue weighted by molar-refractivity contribution is -0.145. The molecular formula is C23H28N2O6. The van der Waals surface area contributed by atoms with Crippen LogP contribution in [0, 0.1) is 0 Å². The summed E-state index contributed by atoms with van der Waals surface area (Å²) in [5, 5.41) is 2.96. The maximum atomic E-state index is 12.9. The molecule has 2 amide bonds. The predicted molar refractivity (Wildman–Crippen MR) is 112 cm³/mol. The van der Waals surface area contributed by atoms with E-state index in [2.05, 4.69) is 11.4 Å².